The number of thiophene rings is 1. The summed E-state index contributed by atoms with van der Waals surface area (Å²) in [5, 5.41) is 1.54. The normalized spacial score (nSPS) is 11.2. The van der Waals surface area contributed by atoms with Gasteiger partial charge in [0.05, 0.1) is 15.4 Å². The maximum Gasteiger partial charge on any atom is 0.260 e. The molecule has 2 aromatic heterocycles. The van der Waals surface area contributed by atoms with Crippen LogP contribution in [0.1, 0.15) is 10.4 Å². The molecule has 0 unspecified atom stereocenters. The SMILES string of the molecule is Cc1ccccc1-c1nc2sc(C)c(-c3ccc(Cl)c(Cl)c3)c2c(=O)[nH]1. The van der Waals surface area contributed by atoms with E-state index < -0.39 is 0 Å². The van der Waals surface area contributed by atoms with E-state index in [1.54, 1.807) is 12.1 Å². The molecule has 0 spiro atoms. The first-order valence-corrected chi connectivity index (χ1v) is 9.58. The van der Waals surface area contributed by atoms with Crippen molar-refractivity contribution in [2.75, 3.05) is 0 Å². The minimum absolute atomic E-state index is 0.154. The van der Waals surface area contributed by atoms with Gasteiger partial charge in [-0.3, -0.25) is 4.79 Å². The Morgan fingerprint density at radius 3 is 2.54 bits per heavy atom. The number of hydrogen-bond donors (Lipinski definition) is 1. The standard InChI is InChI=1S/C20H14Cl2N2OS/c1-10-5-3-4-6-13(10)18-23-19(25)17-16(11(2)26-20(17)24-18)12-7-8-14(21)15(22)9-12/h3-9H,1-2H3,(H,23,24,25). The summed E-state index contributed by atoms with van der Waals surface area (Å²) in [6.45, 7) is 3.98. The molecular weight excluding hydrogens is 387 g/mol. The highest BCUT2D eigenvalue weighted by Gasteiger charge is 2.18. The molecule has 3 nitrogen and oxygen atoms in total. The number of aromatic nitrogens is 2. The van der Waals surface area contributed by atoms with E-state index >= 15 is 0 Å². The molecule has 1 N–H and O–H groups in total. The molecule has 26 heavy (non-hydrogen) atoms. The Morgan fingerprint density at radius 1 is 1.04 bits per heavy atom. The second-order valence-electron chi connectivity index (χ2n) is 6.07. The largest absolute Gasteiger partial charge is 0.306 e. The summed E-state index contributed by atoms with van der Waals surface area (Å²) in [7, 11) is 0. The van der Waals surface area contributed by atoms with Crippen LogP contribution in [0.2, 0.25) is 10.0 Å². The zero-order valence-electron chi connectivity index (χ0n) is 14.1. The lowest BCUT2D eigenvalue weighted by Gasteiger charge is -2.06. The molecule has 130 valence electrons. The third-order valence-corrected chi connectivity index (χ3v) is 6.08. The van der Waals surface area contributed by atoms with E-state index in [1.807, 2.05) is 44.2 Å². The maximum absolute atomic E-state index is 12.9. The van der Waals surface area contributed by atoms with E-state index in [1.165, 1.54) is 11.3 Å². The number of H-pyrrole nitrogens is 1. The summed E-state index contributed by atoms with van der Waals surface area (Å²) in [6.07, 6.45) is 0. The molecule has 2 heterocycles. The Kier molecular flexibility index (Phi) is 4.35. The molecule has 4 rings (SSSR count). The van der Waals surface area contributed by atoms with Crippen LogP contribution >= 0.6 is 34.5 Å². The van der Waals surface area contributed by atoms with Gasteiger partial charge in [-0.15, -0.1) is 11.3 Å². The zero-order valence-corrected chi connectivity index (χ0v) is 16.4. The summed E-state index contributed by atoms with van der Waals surface area (Å²) in [5.41, 5.74) is 3.55. The Hall–Kier alpha value is -2.14. The molecule has 0 saturated carbocycles. The highest BCUT2D eigenvalue weighted by molar-refractivity contribution is 7.19. The zero-order chi connectivity index (χ0) is 18.4. The molecule has 0 aliphatic carbocycles. The monoisotopic (exact) mass is 400 g/mol. The fourth-order valence-corrected chi connectivity index (χ4v) is 4.43. The van der Waals surface area contributed by atoms with Gasteiger partial charge in [0, 0.05) is 16.0 Å². The Balaban J connectivity index is 1.98. The van der Waals surface area contributed by atoms with Crippen molar-refractivity contribution >= 4 is 44.8 Å². The third-order valence-electron chi connectivity index (χ3n) is 4.35. The number of fused-ring (bicyclic) bond motifs is 1. The highest BCUT2D eigenvalue weighted by Crippen LogP contribution is 2.38. The lowest BCUT2D eigenvalue weighted by atomic mass is 10.0. The topological polar surface area (TPSA) is 45.8 Å². The fraction of sp³-hybridized carbons (Fsp3) is 0.100. The van der Waals surface area contributed by atoms with Crippen molar-refractivity contribution in [3.8, 4) is 22.5 Å². The molecule has 4 aromatic rings. The van der Waals surface area contributed by atoms with E-state index in [0.717, 1.165) is 27.1 Å². The van der Waals surface area contributed by atoms with Crippen LogP contribution in [0.4, 0.5) is 0 Å². The molecule has 6 heteroatoms. The lowest BCUT2D eigenvalue weighted by molar-refractivity contribution is 1.18. The third kappa shape index (κ3) is 2.84. The number of aryl methyl sites for hydroxylation is 2. The second-order valence-corrected chi connectivity index (χ2v) is 8.09. The quantitative estimate of drug-likeness (QED) is 0.432. The fourth-order valence-electron chi connectivity index (χ4n) is 3.08. The number of aromatic amines is 1. The lowest BCUT2D eigenvalue weighted by Crippen LogP contribution is -2.09. The predicted octanol–water partition coefficient (Wildman–Crippen LogP) is 6.24. The van der Waals surface area contributed by atoms with Gasteiger partial charge in [-0.1, -0.05) is 53.5 Å². The molecule has 0 bridgehead atoms. The van der Waals surface area contributed by atoms with E-state index in [0.29, 0.717) is 26.1 Å². The van der Waals surface area contributed by atoms with Gasteiger partial charge < -0.3 is 4.98 Å². The van der Waals surface area contributed by atoms with Crippen molar-refractivity contribution in [1.29, 1.82) is 0 Å². The predicted molar refractivity (Wildman–Crippen MR) is 111 cm³/mol. The van der Waals surface area contributed by atoms with E-state index in [9.17, 15) is 4.79 Å². The van der Waals surface area contributed by atoms with E-state index in [2.05, 4.69) is 4.98 Å². The minimum Gasteiger partial charge on any atom is -0.306 e. The molecule has 0 saturated heterocycles. The van der Waals surface area contributed by atoms with Crippen molar-refractivity contribution in [1.82, 2.24) is 9.97 Å². The molecule has 2 aromatic carbocycles. The highest BCUT2D eigenvalue weighted by atomic mass is 35.5. The van der Waals surface area contributed by atoms with Crippen LogP contribution in [-0.4, -0.2) is 9.97 Å². The van der Waals surface area contributed by atoms with Crippen LogP contribution in [0.5, 0.6) is 0 Å². The van der Waals surface area contributed by atoms with E-state index in [-0.39, 0.29) is 5.56 Å². The van der Waals surface area contributed by atoms with E-state index in [4.69, 9.17) is 28.2 Å². The summed E-state index contributed by atoms with van der Waals surface area (Å²) < 4.78 is 0. The smallest absolute Gasteiger partial charge is 0.260 e. The maximum atomic E-state index is 12.9. The van der Waals surface area contributed by atoms with Crippen molar-refractivity contribution in [2.24, 2.45) is 0 Å². The number of nitrogens with one attached hydrogen (secondary N) is 1. The van der Waals surface area contributed by atoms with Crippen molar-refractivity contribution in [3.05, 3.63) is 73.3 Å². The van der Waals surface area contributed by atoms with Crippen molar-refractivity contribution in [2.45, 2.75) is 13.8 Å². The first kappa shape index (κ1) is 17.3. The first-order valence-electron chi connectivity index (χ1n) is 8.00. The number of halogens is 2. The Labute approximate surface area is 164 Å². The molecule has 0 atom stereocenters. The second kappa shape index (κ2) is 6.54. The number of rotatable bonds is 2. The summed E-state index contributed by atoms with van der Waals surface area (Å²) in [6, 6.07) is 13.3. The Bertz CT molecular complexity index is 1210. The van der Waals surface area contributed by atoms with Gasteiger partial charge in [0.2, 0.25) is 0 Å². The average molecular weight is 401 g/mol. The van der Waals surface area contributed by atoms with Crippen LogP contribution in [0.15, 0.2) is 47.3 Å². The average Bonchev–Trinajstić information content (AvgIpc) is 2.94. The summed E-state index contributed by atoms with van der Waals surface area (Å²) in [5.74, 6) is 0.586. The molecule has 0 amide bonds. The number of nitrogens with zero attached hydrogens (tertiary/aromatic N) is 1. The number of benzene rings is 2. The van der Waals surface area contributed by atoms with Crippen LogP contribution < -0.4 is 5.56 Å². The van der Waals surface area contributed by atoms with Crippen LogP contribution in [0.3, 0.4) is 0 Å². The van der Waals surface area contributed by atoms with Crippen LogP contribution in [0.25, 0.3) is 32.7 Å². The molecular formula is C20H14Cl2N2OS. The van der Waals surface area contributed by atoms with Gasteiger partial charge >= 0.3 is 0 Å². The molecule has 0 aliphatic heterocycles. The molecule has 0 aliphatic rings. The summed E-state index contributed by atoms with van der Waals surface area (Å²) in [4.78, 5) is 22.3. The van der Waals surface area contributed by atoms with Crippen LogP contribution in [0, 0.1) is 13.8 Å². The summed E-state index contributed by atoms with van der Waals surface area (Å²) >= 11 is 13.7. The van der Waals surface area contributed by atoms with Gasteiger partial charge in [0.25, 0.3) is 5.56 Å². The molecule has 0 fully saturated rings. The van der Waals surface area contributed by atoms with Gasteiger partial charge in [0.15, 0.2) is 0 Å². The van der Waals surface area contributed by atoms with Gasteiger partial charge in [-0.05, 0) is 37.1 Å². The number of hydrogen-bond acceptors (Lipinski definition) is 3. The van der Waals surface area contributed by atoms with Crippen molar-refractivity contribution < 1.29 is 0 Å². The molecule has 0 radical (unpaired) electrons. The Morgan fingerprint density at radius 2 is 1.81 bits per heavy atom. The van der Waals surface area contributed by atoms with Gasteiger partial charge in [-0.25, -0.2) is 4.98 Å². The van der Waals surface area contributed by atoms with Crippen molar-refractivity contribution in [3.63, 3.8) is 0 Å². The first-order chi connectivity index (χ1) is 12.5. The van der Waals surface area contributed by atoms with Crippen LogP contribution in [-0.2, 0) is 0 Å². The van der Waals surface area contributed by atoms with Gasteiger partial charge in [-0.2, -0.15) is 0 Å². The minimum atomic E-state index is -0.154. The van der Waals surface area contributed by atoms with Gasteiger partial charge in [0.1, 0.15) is 10.7 Å².